The molecule has 0 spiro atoms. The molecule has 0 amide bonds. The van der Waals surface area contributed by atoms with E-state index in [1.54, 1.807) is 0 Å². The first-order valence-electron chi connectivity index (χ1n) is 25.1. The Morgan fingerprint density at radius 3 is 1.02 bits per heavy atom. The lowest BCUT2D eigenvalue weighted by Gasteiger charge is -2.18. The molecule has 0 saturated carbocycles. The third kappa shape index (κ3) is 47.5. The maximum Gasteiger partial charge on any atom is 0.306 e. The van der Waals surface area contributed by atoms with Crippen LogP contribution in [0.2, 0.25) is 0 Å². The Hall–Kier alpha value is -3.41. The molecule has 0 aromatic carbocycles. The van der Waals surface area contributed by atoms with Crippen LogP contribution in [-0.4, -0.2) is 37.2 Å². The maximum atomic E-state index is 12.8. The van der Waals surface area contributed by atoms with Crippen LogP contribution in [0.25, 0.3) is 0 Å². The summed E-state index contributed by atoms with van der Waals surface area (Å²) in [4.78, 5) is 37.9. The number of carbonyl (C=O) groups excluding carboxylic acids is 3. The number of hydrogen-bond donors (Lipinski definition) is 0. The minimum Gasteiger partial charge on any atom is -0.462 e. The number of rotatable bonds is 44. The molecule has 0 atom stereocenters. The van der Waals surface area contributed by atoms with E-state index in [4.69, 9.17) is 14.2 Å². The summed E-state index contributed by atoms with van der Waals surface area (Å²) in [6, 6.07) is 0. The van der Waals surface area contributed by atoms with Crippen molar-refractivity contribution in [2.24, 2.45) is 0 Å². The van der Waals surface area contributed by atoms with Crippen LogP contribution < -0.4 is 0 Å². The molecule has 0 fully saturated rings. The van der Waals surface area contributed by atoms with Gasteiger partial charge in [-0.1, -0.05) is 183 Å². The van der Waals surface area contributed by atoms with Gasteiger partial charge in [0.1, 0.15) is 13.2 Å². The first kappa shape index (κ1) is 57.6. The monoisotopic (exact) mass is 849 g/mol. The fraction of sp³-hybridized carbons (Fsp3) is 0.691. The predicted octanol–water partition coefficient (Wildman–Crippen LogP) is 16.4. The number of esters is 3. The lowest BCUT2D eigenvalue weighted by molar-refractivity contribution is -0.167. The van der Waals surface area contributed by atoms with E-state index < -0.39 is 6.10 Å². The molecule has 0 aliphatic heterocycles. The largest absolute Gasteiger partial charge is 0.462 e. The Balaban J connectivity index is 4.45. The topological polar surface area (TPSA) is 78.9 Å². The number of ether oxygens (including phenoxy) is 3. The van der Waals surface area contributed by atoms with E-state index in [9.17, 15) is 14.4 Å². The molecule has 0 N–H and O–H groups in total. The van der Waals surface area contributed by atoms with Gasteiger partial charge in [-0.3, -0.25) is 14.4 Å². The first-order valence-corrected chi connectivity index (χ1v) is 25.1. The molecule has 61 heavy (non-hydrogen) atoms. The lowest BCUT2D eigenvalue weighted by atomic mass is 10.1. The molecule has 348 valence electrons. The standard InChI is InChI=1S/C55H92O6/c1-4-7-10-13-16-19-22-25-27-30-32-35-38-41-44-47-53(56)59-50-52(61-55(58)49-46-43-40-37-34-29-24-21-18-15-12-9-6-3)51-60-54(57)48-45-42-39-36-33-31-28-26-23-20-17-14-11-8-5-2/h7-8,10-11,16-17,19-21,24-28,52H,4-6,9,12-15,18,22-23,29-51H2,1-3H3/b10-7-,11-8-,19-16-,20-17-,24-21-,27-25-,28-26-. The van der Waals surface area contributed by atoms with Gasteiger partial charge in [0.15, 0.2) is 6.10 Å². The maximum absolute atomic E-state index is 12.8. The van der Waals surface area contributed by atoms with E-state index in [1.807, 2.05) is 0 Å². The third-order valence-electron chi connectivity index (χ3n) is 10.4. The van der Waals surface area contributed by atoms with Crippen LogP contribution in [-0.2, 0) is 28.6 Å². The van der Waals surface area contributed by atoms with Gasteiger partial charge in [0.25, 0.3) is 0 Å². The highest BCUT2D eigenvalue weighted by atomic mass is 16.6. The second kappa shape index (κ2) is 49.2. The van der Waals surface area contributed by atoms with Crippen molar-refractivity contribution in [1.82, 2.24) is 0 Å². The van der Waals surface area contributed by atoms with Gasteiger partial charge in [0.2, 0.25) is 0 Å². The summed E-state index contributed by atoms with van der Waals surface area (Å²) in [5.41, 5.74) is 0. The molecule has 0 aromatic heterocycles. The van der Waals surface area contributed by atoms with Crippen molar-refractivity contribution in [3.8, 4) is 0 Å². The van der Waals surface area contributed by atoms with Crippen LogP contribution in [0.4, 0.5) is 0 Å². The zero-order valence-electron chi connectivity index (χ0n) is 39.7. The van der Waals surface area contributed by atoms with Gasteiger partial charge in [-0.2, -0.15) is 0 Å². The van der Waals surface area contributed by atoms with Crippen molar-refractivity contribution in [3.05, 3.63) is 85.1 Å². The van der Waals surface area contributed by atoms with E-state index >= 15 is 0 Å². The summed E-state index contributed by atoms with van der Waals surface area (Å²) in [5.74, 6) is -0.939. The van der Waals surface area contributed by atoms with Crippen molar-refractivity contribution in [1.29, 1.82) is 0 Å². The molecule has 0 aromatic rings. The van der Waals surface area contributed by atoms with Gasteiger partial charge in [-0.05, 0) is 109 Å². The summed E-state index contributed by atoms with van der Waals surface area (Å²) in [5, 5.41) is 0. The van der Waals surface area contributed by atoms with Crippen molar-refractivity contribution in [3.63, 3.8) is 0 Å². The van der Waals surface area contributed by atoms with Crippen LogP contribution in [0.1, 0.15) is 226 Å². The van der Waals surface area contributed by atoms with Crippen molar-refractivity contribution >= 4 is 17.9 Å². The molecule has 0 saturated heterocycles. The third-order valence-corrected chi connectivity index (χ3v) is 10.4. The highest BCUT2D eigenvalue weighted by Crippen LogP contribution is 2.13. The molecule has 0 radical (unpaired) electrons. The van der Waals surface area contributed by atoms with E-state index in [0.29, 0.717) is 19.3 Å². The van der Waals surface area contributed by atoms with Gasteiger partial charge >= 0.3 is 17.9 Å². The van der Waals surface area contributed by atoms with E-state index in [-0.39, 0.29) is 31.1 Å². The van der Waals surface area contributed by atoms with Gasteiger partial charge < -0.3 is 14.2 Å². The second-order valence-corrected chi connectivity index (χ2v) is 16.3. The minimum atomic E-state index is -0.794. The lowest BCUT2D eigenvalue weighted by Crippen LogP contribution is -2.30. The summed E-state index contributed by atoms with van der Waals surface area (Å²) in [6.45, 7) is 6.35. The van der Waals surface area contributed by atoms with Crippen molar-refractivity contribution in [2.75, 3.05) is 13.2 Å². The zero-order chi connectivity index (χ0) is 44.4. The van der Waals surface area contributed by atoms with Crippen LogP contribution in [0.5, 0.6) is 0 Å². The number of carbonyl (C=O) groups is 3. The van der Waals surface area contributed by atoms with E-state index in [2.05, 4.69) is 106 Å². The normalized spacial score (nSPS) is 12.3. The summed E-state index contributed by atoms with van der Waals surface area (Å²) in [6.07, 6.45) is 62.7. The molecule has 6 nitrogen and oxygen atoms in total. The van der Waals surface area contributed by atoms with Crippen LogP contribution in [0, 0.1) is 0 Å². The molecular formula is C55H92O6. The fourth-order valence-corrected chi connectivity index (χ4v) is 6.64. The summed E-state index contributed by atoms with van der Waals surface area (Å²) in [7, 11) is 0. The first-order chi connectivity index (χ1) is 30.0. The van der Waals surface area contributed by atoms with E-state index in [0.717, 1.165) is 148 Å². The average Bonchev–Trinajstić information content (AvgIpc) is 3.26. The highest BCUT2D eigenvalue weighted by Gasteiger charge is 2.19. The Kier molecular flexibility index (Phi) is 46.5. The van der Waals surface area contributed by atoms with Gasteiger partial charge in [-0.25, -0.2) is 0 Å². The number of unbranched alkanes of at least 4 members (excludes halogenated alkanes) is 19. The molecule has 0 bridgehead atoms. The van der Waals surface area contributed by atoms with E-state index in [1.165, 1.54) is 38.5 Å². The Bertz CT molecular complexity index is 1140. The molecule has 0 heterocycles. The number of hydrogen-bond acceptors (Lipinski definition) is 6. The quantitative estimate of drug-likeness (QED) is 0.0263. The Morgan fingerprint density at radius 2 is 0.639 bits per heavy atom. The summed E-state index contributed by atoms with van der Waals surface area (Å²) >= 11 is 0. The Morgan fingerprint density at radius 1 is 0.344 bits per heavy atom. The SMILES string of the molecule is CC/C=C\C/C=C\C/C=C\CCCCCCCC(=O)OCC(COC(=O)CCCCCCC/C=C\C/C=C\C/C=C\CC)OC(=O)CCCCCCC/C=C\CCCCCC. The van der Waals surface area contributed by atoms with Crippen LogP contribution in [0.15, 0.2) is 85.1 Å². The van der Waals surface area contributed by atoms with Crippen molar-refractivity contribution < 1.29 is 28.6 Å². The molecule has 0 aliphatic carbocycles. The van der Waals surface area contributed by atoms with Crippen LogP contribution in [0.3, 0.4) is 0 Å². The molecule has 6 heteroatoms. The molecule has 0 rings (SSSR count). The fourth-order valence-electron chi connectivity index (χ4n) is 6.64. The molecule has 0 aliphatic rings. The second-order valence-electron chi connectivity index (χ2n) is 16.3. The number of allylic oxidation sites excluding steroid dienone is 14. The highest BCUT2D eigenvalue weighted by molar-refractivity contribution is 5.71. The minimum absolute atomic E-state index is 0.0953. The molecule has 0 unspecified atom stereocenters. The van der Waals surface area contributed by atoms with Crippen LogP contribution >= 0.6 is 0 Å². The smallest absolute Gasteiger partial charge is 0.306 e. The van der Waals surface area contributed by atoms with Gasteiger partial charge in [0.05, 0.1) is 0 Å². The average molecular weight is 849 g/mol. The van der Waals surface area contributed by atoms with Gasteiger partial charge in [0, 0.05) is 19.3 Å². The van der Waals surface area contributed by atoms with Crippen molar-refractivity contribution in [2.45, 2.75) is 232 Å². The predicted molar refractivity (Wildman–Crippen MR) is 261 cm³/mol. The van der Waals surface area contributed by atoms with Gasteiger partial charge in [-0.15, -0.1) is 0 Å². The molecular weight excluding hydrogens is 757 g/mol. The zero-order valence-corrected chi connectivity index (χ0v) is 39.7. The summed E-state index contributed by atoms with van der Waals surface area (Å²) < 4.78 is 16.7. The Labute approximate surface area is 375 Å².